The third kappa shape index (κ3) is 4.53. The summed E-state index contributed by atoms with van der Waals surface area (Å²) >= 11 is 0. The molecule has 3 nitrogen and oxygen atoms in total. The highest BCUT2D eigenvalue weighted by atomic mass is 19.4. The molecule has 2 aromatic rings. The zero-order valence-corrected chi connectivity index (χ0v) is 14.4. The van der Waals surface area contributed by atoms with Gasteiger partial charge in [0.1, 0.15) is 0 Å². The van der Waals surface area contributed by atoms with Crippen molar-refractivity contribution in [1.29, 1.82) is 0 Å². The second kappa shape index (κ2) is 7.59. The zero-order chi connectivity index (χ0) is 18.6. The predicted molar refractivity (Wildman–Crippen MR) is 94.1 cm³/mol. The van der Waals surface area contributed by atoms with E-state index in [1.54, 1.807) is 24.3 Å². The molecule has 0 saturated heterocycles. The maximum atomic E-state index is 13.0. The van der Waals surface area contributed by atoms with Crippen molar-refractivity contribution >= 4 is 17.3 Å². The van der Waals surface area contributed by atoms with Crippen LogP contribution in [0, 0.1) is 6.92 Å². The van der Waals surface area contributed by atoms with Crippen molar-refractivity contribution in [2.45, 2.75) is 26.9 Å². The number of rotatable bonds is 5. The molecule has 0 saturated carbocycles. The third-order valence-electron chi connectivity index (χ3n) is 3.99. The van der Waals surface area contributed by atoms with Gasteiger partial charge in [0.25, 0.3) is 5.91 Å². The fourth-order valence-corrected chi connectivity index (χ4v) is 2.55. The van der Waals surface area contributed by atoms with Crippen LogP contribution < -0.4 is 10.2 Å². The van der Waals surface area contributed by atoms with E-state index in [9.17, 15) is 18.0 Å². The number of hydrogen-bond donors (Lipinski definition) is 1. The van der Waals surface area contributed by atoms with Gasteiger partial charge in [-0.25, -0.2) is 0 Å². The van der Waals surface area contributed by atoms with Crippen LogP contribution in [0.5, 0.6) is 0 Å². The lowest BCUT2D eigenvalue weighted by molar-refractivity contribution is -0.137. The number of nitrogens with one attached hydrogen (secondary N) is 1. The lowest BCUT2D eigenvalue weighted by Crippen LogP contribution is -2.24. The Balaban J connectivity index is 2.41. The first-order valence-electron chi connectivity index (χ1n) is 8.10. The van der Waals surface area contributed by atoms with Gasteiger partial charge < -0.3 is 10.2 Å². The van der Waals surface area contributed by atoms with Crippen LogP contribution in [0.2, 0.25) is 0 Å². The highest BCUT2D eigenvalue weighted by Gasteiger charge is 2.31. The van der Waals surface area contributed by atoms with Crippen molar-refractivity contribution in [1.82, 2.24) is 0 Å². The summed E-state index contributed by atoms with van der Waals surface area (Å²) in [4.78, 5) is 14.3. The van der Waals surface area contributed by atoms with Crippen LogP contribution >= 0.6 is 0 Å². The van der Waals surface area contributed by atoms with Gasteiger partial charge in [0.15, 0.2) is 0 Å². The number of halogens is 3. The second-order valence-corrected chi connectivity index (χ2v) is 5.72. The molecular formula is C19H21F3N2O. The summed E-state index contributed by atoms with van der Waals surface area (Å²) in [6.07, 6.45) is -4.47. The maximum Gasteiger partial charge on any atom is 0.416 e. The molecular weight excluding hydrogens is 329 g/mol. The number of amides is 1. The molecule has 0 aromatic heterocycles. The first kappa shape index (κ1) is 18.8. The number of benzene rings is 2. The molecule has 0 aliphatic carbocycles. The fraction of sp³-hybridized carbons (Fsp3) is 0.316. The predicted octanol–water partition coefficient (Wildman–Crippen LogP) is 5.11. The molecule has 2 aromatic carbocycles. The molecule has 0 atom stereocenters. The molecule has 2 rings (SSSR count). The molecule has 0 aliphatic rings. The van der Waals surface area contributed by atoms with Gasteiger partial charge in [-0.2, -0.15) is 13.2 Å². The number of hydrogen-bond acceptors (Lipinski definition) is 2. The Bertz CT molecular complexity index is 735. The van der Waals surface area contributed by atoms with Crippen molar-refractivity contribution in [2.75, 3.05) is 23.3 Å². The van der Waals surface area contributed by atoms with E-state index in [4.69, 9.17) is 0 Å². The molecule has 134 valence electrons. The minimum absolute atomic E-state index is 0.157. The summed E-state index contributed by atoms with van der Waals surface area (Å²) in [6.45, 7) is 6.96. The number of carbonyl (C=O) groups excluding carboxylic acids is 1. The van der Waals surface area contributed by atoms with Gasteiger partial charge in [-0.15, -0.1) is 0 Å². The molecule has 0 radical (unpaired) electrons. The van der Waals surface area contributed by atoms with Crippen LogP contribution in [0.25, 0.3) is 0 Å². The van der Waals surface area contributed by atoms with E-state index in [0.29, 0.717) is 24.3 Å². The van der Waals surface area contributed by atoms with E-state index in [1.165, 1.54) is 6.07 Å². The molecule has 0 bridgehead atoms. The van der Waals surface area contributed by atoms with Gasteiger partial charge in [-0.1, -0.05) is 17.7 Å². The monoisotopic (exact) mass is 350 g/mol. The summed E-state index contributed by atoms with van der Waals surface area (Å²) in [5.74, 6) is -0.437. The van der Waals surface area contributed by atoms with E-state index in [0.717, 1.165) is 17.7 Å². The summed E-state index contributed by atoms with van der Waals surface area (Å²) in [5, 5.41) is 2.63. The summed E-state index contributed by atoms with van der Waals surface area (Å²) in [5.41, 5.74) is 1.33. The molecule has 6 heteroatoms. The molecule has 0 heterocycles. The number of nitrogens with zero attached hydrogens (tertiary/aromatic N) is 1. The summed E-state index contributed by atoms with van der Waals surface area (Å²) in [6, 6.07) is 10.3. The number of alkyl halides is 3. The highest BCUT2D eigenvalue weighted by Crippen LogP contribution is 2.35. The number of carbonyl (C=O) groups is 1. The Hall–Kier alpha value is -2.50. The van der Waals surface area contributed by atoms with E-state index >= 15 is 0 Å². The fourth-order valence-electron chi connectivity index (χ4n) is 2.55. The van der Waals surface area contributed by atoms with Crippen LogP contribution in [-0.4, -0.2) is 19.0 Å². The Morgan fingerprint density at radius 2 is 1.64 bits per heavy atom. The van der Waals surface area contributed by atoms with Crippen LogP contribution in [0.3, 0.4) is 0 Å². The van der Waals surface area contributed by atoms with Gasteiger partial charge in [0.05, 0.1) is 16.9 Å². The van der Waals surface area contributed by atoms with Gasteiger partial charge in [-0.3, -0.25) is 4.79 Å². The van der Waals surface area contributed by atoms with Gasteiger partial charge >= 0.3 is 6.18 Å². The Morgan fingerprint density at radius 1 is 1.04 bits per heavy atom. The zero-order valence-electron chi connectivity index (χ0n) is 14.4. The minimum Gasteiger partial charge on any atom is -0.370 e. The molecule has 25 heavy (non-hydrogen) atoms. The van der Waals surface area contributed by atoms with Crippen molar-refractivity contribution in [2.24, 2.45) is 0 Å². The third-order valence-corrected chi connectivity index (χ3v) is 3.99. The lowest BCUT2D eigenvalue weighted by Gasteiger charge is -2.25. The number of anilines is 2. The van der Waals surface area contributed by atoms with Crippen molar-refractivity contribution < 1.29 is 18.0 Å². The highest BCUT2D eigenvalue weighted by molar-refractivity contribution is 6.06. The minimum atomic E-state index is -4.47. The summed E-state index contributed by atoms with van der Waals surface area (Å²) in [7, 11) is 0. The SMILES string of the molecule is CCN(CC)c1ccc(C(F)(F)F)cc1NC(=O)c1ccc(C)cc1. The molecule has 0 aliphatic heterocycles. The van der Waals surface area contributed by atoms with E-state index in [-0.39, 0.29) is 5.69 Å². The molecule has 1 amide bonds. The molecule has 0 fully saturated rings. The molecule has 1 N–H and O–H groups in total. The van der Waals surface area contributed by atoms with Crippen molar-refractivity contribution in [3.8, 4) is 0 Å². The summed E-state index contributed by atoms with van der Waals surface area (Å²) < 4.78 is 39.1. The van der Waals surface area contributed by atoms with Crippen molar-refractivity contribution in [3.05, 3.63) is 59.2 Å². The Morgan fingerprint density at radius 3 is 2.16 bits per heavy atom. The standard InChI is InChI=1S/C19H21F3N2O/c1-4-24(5-2)17-11-10-15(19(20,21)22)12-16(17)23-18(25)14-8-6-13(3)7-9-14/h6-12H,4-5H2,1-3H3,(H,23,25). The van der Waals surface area contributed by atoms with Crippen LogP contribution in [0.15, 0.2) is 42.5 Å². The van der Waals surface area contributed by atoms with Gasteiger partial charge in [0, 0.05) is 18.7 Å². The van der Waals surface area contributed by atoms with Gasteiger partial charge in [-0.05, 0) is 51.1 Å². The number of aryl methyl sites for hydroxylation is 1. The lowest BCUT2D eigenvalue weighted by atomic mass is 10.1. The second-order valence-electron chi connectivity index (χ2n) is 5.72. The quantitative estimate of drug-likeness (QED) is 0.812. The smallest absolute Gasteiger partial charge is 0.370 e. The molecule has 0 spiro atoms. The average molecular weight is 350 g/mol. The topological polar surface area (TPSA) is 32.3 Å². The Kier molecular flexibility index (Phi) is 5.72. The van der Waals surface area contributed by atoms with Crippen LogP contribution in [0.4, 0.5) is 24.5 Å². The van der Waals surface area contributed by atoms with Crippen LogP contribution in [-0.2, 0) is 6.18 Å². The largest absolute Gasteiger partial charge is 0.416 e. The maximum absolute atomic E-state index is 13.0. The Labute approximate surface area is 145 Å². The van der Waals surface area contributed by atoms with Crippen molar-refractivity contribution in [3.63, 3.8) is 0 Å². The molecule has 0 unspecified atom stereocenters. The normalized spacial score (nSPS) is 11.3. The first-order chi connectivity index (χ1) is 11.8. The van der Waals surface area contributed by atoms with Gasteiger partial charge in [0.2, 0.25) is 0 Å². The van der Waals surface area contributed by atoms with E-state index in [2.05, 4.69) is 5.32 Å². The van der Waals surface area contributed by atoms with E-state index < -0.39 is 17.6 Å². The van der Waals surface area contributed by atoms with E-state index in [1.807, 2.05) is 25.7 Å². The van der Waals surface area contributed by atoms with Crippen LogP contribution in [0.1, 0.15) is 35.3 Å². The average Bonchev–Trinajstić information content (AvgIpc) is 2.56. The first-order valence-corrected chi connectivity index (χ1v) is 8.10.